The fraction of sp³-hybridized carbons (Fsp3) is 0.316. The molecule has 132 valence electrons. The molecule has 0 atom stereocenters. The summed E-state index contributed by atoms with van der Waals surface area (Å²) in [5, 5.41) is 0. The first-order valence-electron chi connectivity index (χ1n) is 8.36. The fourth-order valence-corrected chi connectivity index (χ4v) is 4.17. The summed E-state index contributed by atoms with van der Waals surface area (Å²) in [6, 6.07) is 11.7. The molecule has 0 aromatic heterocycles. The molecule has 0 spiro atoms. The molecule has 2 aromatic carbocycles. The topological polar surface area (TPSA) is 66.5 Å². The Labute approximate surface area is 148 Å². The predicted octanol–water partition coefficient (Wildman–Crippen LogP) is 3.34. The van der Waals surface area contributed by atoms with Crippen molar-refractivity contribution >= 4 is 21.6 Å². The number of carbonyl (C=O) groups excluding carboxylic acids is 1. The molecule has 25 heavy (non-hydrogen) atoms. The van der Waals surface area contributed by atoms with Crippen LogP contribution < -0.4 is 4.72 Å². The Balaban J connectivity index is 1.79. The van der Waals surface area contributed by atoms with Crippen molar-refractivity contribution in [3.8, 4) is 0 Å². The predicted molar refractivity (Wildman–Crippen MR) is 98.3 cm³/mol. The highest BCUT2D eigenvalue weighted by atomic mass is 32.2. The third-order valence-corrected chi connectivity index (χ3v) is 5.68. The lowest BCUT2D eigenvalue weighted by atomic mass is 10.1. The number of nitrogens with one attached hydrogen (secondary N) is 1. The van der Waals surface area contributed by atoms with Gasteiger partial charge < -0.3 is 4.90 Å². The molecule has 1 aliphatic heterocycles. The van der Waals surface area contributed by atoms with E-state index in [2.05, 4.69) is 4.72 Å². The highest BCUT2D eigenvalue weighted by Gasteiger charge is 2.20. The van der Waals surface area contributed by atoms with Crippen LogP contribution in [0.25, 0.3) is 0 Å². The number of amides is 1. The van der Waals surface area contributed by atoms with E-state index in [0.29, 0.717) is 11.3 Å². The Morgan fingerprint density at radius 1 is 0.960 bits per heavy atom. The SMILES string of the molecule is Cc1cc(C)cc(NS(=O)(=O)c2ccc(C(=O)N3CCCC3)cc2)c1. The summed E-state index contributed by atoms with van der Waals surface area (Å²) < 4.78 is 27.7. The monoisotopic (exact) mass is 358 g/mol. The first kappa shape index (κ1) is 17.5. The number of carbonyl (C=O) groups is 1. The van der Waals surface area contributed by atoms with Crippen LogP contribution in [0.1, 0.15) is 34.3 Å². The average molecular weight is 358 g/mol. The lowest BCUT2D eigenvalue weighted by Crippen LogP contribution is -2.27. The summed E-state index contributed by atoms with van der Waals surface area (Å²) in [4.78, 5) is 14.3. The smallest absolute Gasteiger partial charge is 0.261 e. The van der Waals surface area contributed by atoms with Crippen molar-refractivity contribution in [2.24, 2.45) is 0 Å². The minimum absolute atomic E-state index is 0.0382. The molecule has 3 rings (SSSR count). The van der Waals surface area contributed by atoms with Gasteiger partial charge in [-0.25, -0.2) is 8.42 Å². The Kier molecular flexibility index (Phi) is 4.81. The summed E-state index contributed by atoms with van der Waals surface area (Å²) in [5.74, 6) is -0.0382. The van der Waals surface area contributed by atoms with Crippen LogP contribution in [-0.4, -0.2) is 32.3 Å². The number of sulfonamides is 1. The average Bonchev–Trinajstić information content (AvgIpc) is 3.07. The van der Waals surface area contributed by atoms with Crippen LogP contribution in [0.15, 0.2) is 47.4 Å². The normalized spacial score (nSPS) is 14.6. The second-order valence-corrected chi connectivity index (χ2v) is 8.19. The molecule has 1 saturated heterocycles. The van der Waals surface area contributed by atoms with Gasteiger partial charge in [0, 0.05) is 24.3 Å². The molecule has 5 nitrogen and oxygen atoms in total. The van der Waals surface area contributed by atoms with Gasteiger partial charge >= 0.3 is 0 Å². The van der Waals surface area contributed by atoms with E-state index in [4.69, 9.17) is 0 Å². The van der Waals surface area contributed by atoms with Crippen molar-refractivity contribution in [1.82, 2.24) is 4.90 Å². The van der Waals surface area contributed by atoms with Crippen molar-refractivity contribution in [2.45, 2.75) is 31.6 Å². The minimum atomic E-state index is -3.68. The lowest BCUT2D eigenvalue weighted by molar-refractivity contribution is 0.0792. The van der Waals surface area contributed by atoms with E-state index < -0.39 is 10.0 Å². The molecule has 1 N–H and O–H groups in total. The maximum Gasteiger partial charge on any atom is 0.261 e. The van der Waals surface area contributed by atoms with Crippen LogP contribution in [0.5, 0.6) is 0 Å². The number of hydrogen-bond acceptors (Lipinski definition) is 3. The summed E-state index contributed by atoms with van der Waals surface area (Å²) in [6.45, 7) is 5.38. The minimum Gasteiger partial charge on any atom is -0.339 e. The van der Waals surface area contributed by atoms with Crippen LogP contribution in [0, 0.1) is 13.8 Å². The molecule has 0 saturated carbocycles. The number of aryl methyl sites for hydroxylation is 2. The molecule has 0 radical (unpaired) electrons. The summed E-state index contributed by atoms with van der Waals surface area (Å²) >= 11 is 0. The van der Waals surface area contributed by atoms with E-state index in [1.165, 1.54) is 12.1 Å². The van der Waals surface area contributed by atoms with Crippen molar-refractivity contribution in [3.63, 3.8) is 0 Å². The van der Waals surface area contributed by atoms with Gasteiger partial charge in [0.05, 0.1) is 4.90 Å². The molecular formula is C19H22N2O3S. The van der Waals surface area contributed by atoms with Crippen molar-refractivity contribution in [1.29, 1.82) is 0 Å². The maximum absolute atomic E-state index is 12.6. The number of nitrogens with zero attached hydrogens (tertiary/aromatic N) is 1. The molecule has 0 unspecified atom stereocenters. The van der Waals surface area contributed by atoms with Crippen LogP contribution >= 0.6 is 0 Å². The van der Waals surface area contributed by atoms with Gasteiger partial charge in [-0.2, -0.15) is 0 Å². The van der Waals surface area contributed by atoms with Gasteiger partial charge in [0.25, 0.3) is 15.9 Å². The molecule has 1 amide bonds. The van der Waals surface area contributed by atoms with Gasteiger partial charge in [-0.15, -0.1) is 0 Å². The van der Waals surface area contributed by atoms with Gasteiger partial charge in [-0.1, -0.05) is 6.07 Å². The van der Waals surface area contributed by atoms with E-state index in [9.17, 15) is 13.2 Å². The number of benzene rings is 2. The van der Waals surface area contributed by atoms with Gasteiger partial charge in [0.1, 0.15) is 0 Å². The molecular weight excluding hydrogens is 336 g/mol. The van der Waals surface area contributed by atoms with E-state index in [-0.39, 0.29) is 10.8 Å². The number of likely N-dealkylation sites (tertiary alicyclic amines) is 1. The number of rotatable bonds is 4. The van der Waals surface area contributed by atoms with Crippen LogP contribution in [0.2, 0.25) is 0 Å². The highest BCUT2D eigenvalue weighted by molar-refractivity contribution is 7.92. The Morgan fingerprint density at radius 3 is 2.08 bits per heavy atom. The van der Waals surface area contributed by atoms with Crippen molar-refractivity contribution < 1.29 is 13.2 Å². The summed E-state index contributed by atoms with van der Waals surface area (Å²) in [5.41, 5.74) is 3.04. The second kappa shape index (κ2) is 6.88. The van der Waals surface area contributed by atoms with Crippen LogP contribution in [0.4, 0.5) is 5.69 Å². The second-order valence-electron chi connectivity index (χ2n) is 6.51. The highest BCUT2D eigenvalue weighted by Crippen LogP contribution is 2.20. The number of hydrogen-bond donors (Lipinski definition) is 1. The van der Waals surface area contributed by atoms with Crippen molar-refractivity contribution in [3.05, 3.63) is 59.2 Å². The van der Waals surface area contributed by atoms with Crippen LogP contribution in [0.3, 0.4) is 0 Å². The first-order chi connectivity index (χ1) is 11.8. The maximum atomic E-state index is 12.6. The van der Waals surface area contributed by atoms with Crippen LogP contribution in [-0.2, 0) is 10.0 Å². The lowest BCUT2D eigenvalue weighted by Gasteiger charge is -2.15. The first-order valence-corrected chi connectivity index (χ1v) is 9.84. The standard InChI is InChI=1S/C19H22N2O3S/c1-14-11-15(2)13-17(12-14)20-25(23,24)18-7-5-16(6-8-18)19(22)21-9-3-4-10-21/h5-8,11-13,20H,3-4,9-10H2,1-2H3. The Morgan fingerprint density at radius 2 is 1.52 bits per heavy atom. The third kappa shape index (κ3) is 4.02. The fourth-order valence-electron chi connectivity index (χ4n) is 3.13. The van der Waals surface area contributed by atoms with E-state index in [1.54, 1.807) is 29.2 Å². The molecule has 6 heteroatoms. The zero-order valence-corrected chi connectivity index (χ0v) is 15.3. The largest absolute Gasteiger partial charge is 0.339 e. The number of anilines is 1. The molecule has 1 aliphatic rings. The van der Waals surface area contributed by atoms with Gasteiger partial charge in [-0.05, 0) is 74.2 Å². The summed E-state index contributed by atoms with van der Waals surface area (Å²) in [7, 11) is -3.68. The molecule has 2 aromatic rings. The van der Waals surface area contributed by atoms with Gasteiger partial charge in [0.15, 0.2) is 0 Å². The zero-order valence-electron chi connectivity index (χ0n) is 14.5. The zero-order chi connectivity index (χ0) is 18.0. The third-order valence-electron chi connectivity index (χ3n) is 4.28. The molecule has 1 heterocycles. The summed E-state index contributed by atoms with van der Waals surface area (Å²) in [6.07, 6.45) is 2.05. The van der Waals surface area contributed by atoms with Gasteiger partial charge in [0.2, 0.25) is 0 Å². The molecule has 1 fully saturated rings. The van der Waals surface area contributed by atoms with Crippen molar-refractivity contribution in [2.75, 3.05) is 17.8 Å². The van der Waals surface area contributed by atoms with E-state index in [0.717, 1.165) is 37.1 Å². The van der Waals surface area contributed by atoms with E-state index >= 15 is 0 Å². The molecule has 0 bridgehead atoms. The quantitative estimate of drug-likeness (QED) is 0.911. The Hall–Kier alpha value is -2.34. The van der Waals surface area contributed by atoms with Gasteiger partial charge in [-0.3, -0.25) is 9.52 Å². The molecule has 0 aliphatic carbocycles. The Bertz CT molecular complexity index is 863. The van der Waals surface area contributed by atoms with E-state index in [1.807, 2.05) is 19.9 Å².